The second-order valence-electron chi connectivity index (χ2n) is 8.27. The summed E-state index contributed by atoms with van der Waals surface area (Å²) in [6, 6.07) is 15.1. The Balaban J connectivity index is 1.60. The maximum absolute atomic E-state index is 13.1. The predicted molar refractivity (Wildman–Crippen MR) is 122 cm³/mol. The molecular formula is C24H32N2O4S. The number of aryl methyl sites for hydroxylation is 2. The van der Waals surface area contributed by atoms with Crippen LogP contribution in [0.5, 0.6) is 5.75 Å². The Morgan fingerprint density at radius 2 is 1.97 bits per heavy atom. The smallest absolute Gasteiger partial charge is 0.243 e. The molecule has 0 radical (unpaired) electrons. The third-order valence-corrected chi connectivity index (χ3v) is 7.72. The number of carbonyl (C=O) groups is 1. The van der Waals surface area contributed by atoms with Crippen LogP contribution in [0, 0.1) is 12.8 Å². The van der Waals surface area contributed by atoms with Crippen LogP contribution in [0.1, 0.15) is 37.3 Å². The Kier molecular flexibility index (Phi) is 7.73. The van der Waals surface area contributed by atoms with Gasteiger partial charge in [0.1, 0.15) is 5.75 Å². The molecule has 1 heterocycles. The lowest BCUT2D eigenvalue weighted by Crippen LogP contribution is -2.47. The SMILES string of the molecule is COc1ccc(S(=O)(=O)N2CCC[C@H](C(=O)N[C@@H](C)CCc3ccccc3)C2)cc1C. The molecule has 1 N–H and O–H groups in total. The molecule has 0 spiro atoms. The van der Waals surface area contributed by atoms with Crippen molar-refractivity contribution in [3.8, 4) is 5.75 Å². The van der Waals surface area contributed by atoms with Gasteiger partial charge in [-0.15, -0.1) is 0 Å². The van der Waals surface area contributed by atoms with Crippen molar-refractivity contribution in [1.29, 1.82) is 0 Å². The van der Waals surface area contributed by atoms with Crippen LogP contribution >= 0.6 is 0 Å². The van der Waals surface area contributed by atoms with Crippen molar-refractivity contribution in [1.82, 2.24) is 9.62 Å². The first-order chi connectivity index (χ1) is 14.8. The summed E-state index contributed by atoms with van der Waals surface area (Å²) in [5, 5.41) is 3.08. The molecule has 2 aromatic rings. The van der Waals surface area contributed by atoms with Crippen LogP contribution in [0.25, 0.3) is 0 Å². The fraction of sp³-hybridized carbons (Fsp3) is 0.458. The molecule has 1 aliphatic heterocycles. The Labute approximate surface area is 185 Å². The lowest BCUT2D eigenvalue weighted by molar-refractivity contribution is -0.126. The third-order valence-electron chi connectivity index (χ3n) is 5.86. The number of piperidine rings is 1. The van der Waals surface area contributed by atoms with Crippen molar-refractivity contribution in [3.05, 3.63) is 59.7 Å². The van der Waals surface area contributed by atoms with Gasteiger partial charge in [0.25, 0.3) is 0 Å². The maximum Gasteiger partial charge on any atom is 0.243 e. The van der Waals surface area contributed by atoms with Crippen molar-refractivity contribution in [2.75, 3.05) is 20.2 Å². The van der Waals surface area contributed by atoms with Crippen molar-refractivity contribution >= 4 is 15.9 Å². The molecular weight excluding hydrogens is 412 g/mol. The van der Waals surface area contributed by atoms with E-state index in [0.29, 0.717) is 25.1 Å². The number of hydrogen-bond acceptors (Lipinski definition) is 4. The molecule has 3 rings (SSSR count). The van der Waals surface area contributed by atoms with Crippen LogP contribution < -0.4 is 10.1 Å². The van der Waals surface area contributed by atoms with Gasteiger partial charge in [0.15, 0.2) is 0 Å². The fourth-order valence-electron chi connectivity index (χ4n) is 4.00. The first-order valence-corrected chi connectivity index (χ1v) is 12.2. The minimum absolute atomic E-state index is 0.0314. The monoisotopic (exact) mass is 444 g/mol. The van der Waals surface area contributed by atoms with E-state index in [1.807, 2.05) is 32.0 Å². The molecule has 0 unspecified atom stereocenters. The van der Waals surface area contributed by atoms with Crippen LogP contribution in [0.3, 0.4) is 0 Å². The van der Waals surface area contributed by atoms with Crippen LogP contribution in [0.2, 0.25) is 0 Å². The molecule has 0 aliphatic carbocycles. The molecule has 31 heavy (non-hydrogen) atoms. The quantitative estimate of drug-likeness (QED) is 0.676. The summed E-state index contributed by atoms with van der Waals surface area (Å²) in [6.07, 6.45) is 3.11. The van der Waals surface area contributed by atoms with Crippen molar-refractivity contribution in [3.63, 3.8) is 0 Å². The van der Waals surface area contributed by atoms with Gasteiger partial charge >= 0.3 is 0 Å². The standard InChI is InChI=1S/C24H32N2O4S/c1-18-16-22(13-14-23(18)30-3)31(28,29)26-15-7-10-21(17-26)24(27)25-19(2)11-12-20-8-5-4-6-9-20/h4-6,8-9,13-14,16,19,21H,7,10-12,15,17H2,1-3H3,(H,25,27)/t19-,21-/m0/s1. The summed E-state index contributed by atoms with van der Waals surface area (Å²) in [4.78, 5) is 13.1. The highest BCUT2D eigenvalue weighted by molar-refractivity contribution is 7.89. The number of sulfonamides is 1. The number of benzene rings is 2. The van der Waals surface area contributed by atoms with Gasteiger partial charge in [0.2, 0.25) is 15.9 Å². The van der Waals surface area contributed by atoms with Gasteiger partial charge in [-0.1, -0.05) is 30.3 Å². The van der Waals surface area contributed by atoms with E-state index >= 15 is 0 Å². The number of carbonyl (C=O) groups excluding carboxylic acids is 1. The summed E-state index contributed by atoms with van der Waals surface area (Å²) in [5.74, 6) is 0.257. The van der Waals surface area contributed by atoms with Gasteiger partial charge in [0, 0.05) is 19.1 Å². The molecule has 0 saturated carbocycles. The van der Waals surface area contributed by atoms with Gasteiger partial charge in [-0.05, 0) is 68.9 Å². The number of ether oxygens (including phenoxy) is 1. The highest BCUT2D eigenvalue weighted by atomic mass is 32.2. The molecule has 168 valence electrons. The number of hydrogen-bond donors (Lipinski definition) is 1. The van der Waals surface area contributed by atoms with E-state index in [4.69, 9.17) is 4.74 Å². The first kappa shape index (κ1) is 23.3. The highest BCUT2D eigenvalue weighted by Gasteiger charge is 2.33. The van der Waals surface area contributed by atoms with Crippen molar-refractivity contribution in [2.45, 2.75) is 50.5 Å². The van der Waals surface area contributed by atoms with E-state index in [9.17, 15) is 13.2 Å². The topological polar surface area (TPSA) is 75.7 Å². The highest BCUT2D eigenvalue weighted by Crippen LogP contribution is 2.27. The first-order valence-electron chi connectivity index (χ1n) is 10.8. The van der Waals surface area contributed by atoms with E-state index in [2.05, 4.69) is 17.4 Å². The molecule has 6 nitrogen and oxygen atoms in total. The van der Waals surface area contributed by atoms with Gasteiger partial charge in [0.05, 0.1) is 17.9 Å². The van der Waals surface area contributed by atoms with Crippen molar-refractivity contribution < 1.29 is 17.9 Å². The van der Waals surface area contributed by atoms with Crippen LogP contribution in [0.15, 0.2) is 53.4 Å². The molecule has 2 atom stereocenters. The zero-order chi connectivity index (χ0) is 22.4. The molecule has 0 aromatic heterocycles. The third kappa shape index (κ3) is 5.86. The molecule has 2 aromatic carbocycles. The van der Waals surface area contributed by atoms with E-state index in [1.165, 1.54) is 9.87 Å². The van der Waals surface area contributed by atoms with Gasteiger partial charge in [-0.25, -0.2) is 8.42 Å². The van der Waals surface area contributed by atoms with Crippen molar-refractivity contribution in [2.24, 2.45) is 5.92 Å². The molecule has 7 heteroatoms. The van der Waals surface area contributed by atoms with E-state index < -0.39 is 10.0 Å². The lowest BCUT2D eigenvalue weighted by atomic mass is 9.98. The van der Waals surface area contributed by atoms with E-state index in [0.717, 1.165) is 18.4 Å². The number of methoxy groups -OCH3 is 1. The number of nitrogens with zero attached hydrogens (tertiary/aromatic N) is 1. The Hall–Kier alpha value is -2.38. The molecule has 1 amide bonds. The number of nitrogens with one attached hydrogen (secondary N) is 1. The second-order valence-corrected chi connectivity index (χ2v) is 10.2. The van der Waals surface area contributed by atoms with Gasteiger partial charge in [-0.3, -0.25) is 4.79 Å². The van der Waals surface area contributed by atoms with E-state index in [-0.39, 0.29) is 29.3 Å². The normalized spacial score (nSPS) is 18.4. The molecule has 1 aliphatic rings. The van der Waals surface area contributed by atoms with Gasteiger partial charge < -0.3 is 10.1 Å². The van der Waals surface area contributed by atoms with Gasteiger partial charge in [-0.2, -0.15) is 4.31 Å². The minimum Gasteiger partial charge on any atom is -0.496 e. The summed E-state index contributed by atoms with van der Waals surface area (Å²) in [5.41, 5.74) is 2.01. The minimum atomic E-state index is -3.65. The summed E-state index contributed by atoms with van der Waals surface area (Å²) in [6.45, 7) is 4.46. The zero-order valence-electron chi connectivity index (χ0n) is 18.5. The van der Waals surface area contributed by atoms with Crippen LogP contribution in [0.4, 0.5) is 0 Å². The van der Waals surface area contributed by atoms with Crippen LogP contribution in [-0.4, -0.2) is 44.9 Å². The lowest BCUT2D eigenvalue weighted by Gasteiger charge is -2.32. The molecule has 1 saturated heterocycles. The number of rotatable bonds is 8. The zero-order valence-corrected chi connectivity index (χ0v) is 19.3. The predicted octanol–water partition coefficient (Wildman–Crippen LogP) is 3.54. The van der Waals surface area contributed by atoms with E-state index in [1.54, 1.807) is 25.3 Å². The average Bonchev–Trinajstić information content (AvgIpc) is 2.78. The molecule has 0 bridgehead atoms. The second kappa shape index (κ2) is 10.3. The largest absolute Gasteiger partial charge is 0.496 e. The summed E-state index contributed by atoms with van der Waals surface area (Å²) in [7, 11) is -2.09. The summed E-state index contributed by atoms with van der Waals surface area (Å²) < 4.78 is 33.0. The molecule has 1 fully saturated rings. The Morgan fingerprint density at radius 3 is 2.65 bits per heavy atom. The van der Waals surface area contributed by atoms with Crippen LogP contribution in [-0.2, 0) is 21.2 Å². The Bertz CT molecular complexity index is 992. The average molecular weight is 445 g/mol. The number of amides is 1. The fourth-order valence-corrected chi connectivity index (χ4v) is 5.61. The maximum atomic E-state index is 13.1. The Morgan fingerprint density at radius 1 is 1.23 bits per heavy atom. The summed E-state index contributed by atoms with van der Waals surface area (Å²) >= 11 is 0.